The van der Waals surface area contributed by atoms with Crippen molar-refractivity contribution in [2.24, 2.45) is 0 Å². The van der Waals surface area contributed by atoms with E-state index >= 15 is 0 Å². The highest BCUT2D eigenvalue weighted by atomic mass is 16.5. The molecule has 0 unspecified atom stereocenters. The molecule has 1 N–H and O–H groups in total. The molecule has 7 heteroatoms. The number of hydrogen-bond donors (Lipinski definition) is 1. The number of methoxy groups -OCH3 is 2. The SMILES string of the molecule is COc1ccc(CC(=O)Nc2cccc3c(=O)n(CCN(C)C)ccc23)c(OC)c1. The minimum Gasteiger partial charge on any atom is -0.497 e. The van der Waals surface area contributed by atoms with Crippen molar-refractivity contribution < 1.29 is 14.3 Å². The maximum atomic E-state index is 12.8. The van der Waals surface area contributed by atoms with Crippen molar-refractivity contribution in [2.45, 2.75) is 13.0 Å². The second-order valence-corrected chi connectivity index (χ2v) is 7.29. The Morgan fingerprint density at radius 3 is 2.57 bits per heavy atom. The standard InChI is InChI=1S/C23H27N3O4/c1-25(2)12-13-26-11-10-18-19(23(26)28)6-5-7-20(18)24-22(27)14-16-8-9-17(29-3)15-21(16)30-4/h5-11,15H,12-14H2,1-4H3,(H,24,27). The van der Waals surface area contributed by atoms with Gasteiger partial charge >= 0.3 is 0 Å². The van der Waals surface area contributed by atoms with Gasteiger partial charge in [-0.2, -0.15) is 0 Å². The summed E-state index contributed by atoms with van der Waals surface area (Å²) in [6, 6.07) is 12.6. The predicted molar refractivity (Wildman–Crippen MR) is 119 cm³/mol. The van der Waals surface area contributed by atoms with Crippen LogP contribution in [0.25, 0.3) is 10.8 Å². The fourth-order valence-electron chi connectivity index (χ4n) is 3.28. The van der Waals surface area contributed by atoms with E-state index in [-0.39, 0.29) is 17.9 Å². The molecule has 2 aromatic carbocycles. The molecular weight excluding hydrogens is 382 g/mol. The second-order valence-electron chi connectivity index (χ2n) is 7.29. The molecule has 1 heterocycles. The lowest BCUT2D eigenvalue weighted by Gasteiger charge is -2.14. The molecule has 0 saturated heterocycles. The van der Waals surface area contributed by atoms with Crippen molar-refractivity contribution in [2.75, 3.05) is 40.2 Å². The van der Waals surface area contributed by atoms with Gasteiger partial charge in [-0.3, -0.25) is 9.59 Å². The maximum Gasteiger partial charge on any atom is 0.258 e. The molecule has 1 aromatic heterocycles. The molecule has 0 radical (unpaired) electrons. The summed E-state index contributed by atoms with van der Waals surface area (Å²) in [5.74, 6) is 1.06. The third-order valence-corrected chi connectivity index (χ3v) is 4.93. The normalized spacial score (nSPS) is 11.0. The van der Waals surface area contributed by atoms with Crippen molar-refractivity contribution in [1.82, 2.24) is 9.47 Å². The van der Waals surface area contributed by atoms with Crippen LogP contribution in [0.15, 0.2) is 53.5 Å². The second kappa shape index (κ2) is 9.45. The summed E-state index contributed by atoms with van der Waals surface area (Å²) in [5.41, 5.74) is 1.30. The van der Waals surface area contributed by atoms with Crippen LogP contribution in [0, 0.1) is 0 Å². The number of pyridine rings is 1. The van der Waals surface area contributed by atoms with Crippen LogP contribution in [0.3, 0.4) is 0 Å². The van der Waals surface area contributed by atoms with Gasteiger partial charge in [0.25, 0.3) is 5.56 Å². The molecule has 30 heavy (non-hydrogen) atoms. The first-order valence-electron chi connectivity index (χ1n) is 9.70. The van der Waals surface area contributed by atoms with E-state index in [2.05, 4.69) is 5.32 Å². The number of nitrogens with zero attached hydrogens (tertiary/aromatic N) is 2. The first kappa shape index (κ1) is 21.4. The number of carbonyl (C=O) groups is 1. The van der Waals surface area contributed by atoms with Gasteiger partial charge in [0.1, 0.15) is 11.5 Å². The topological polar surface area (TPSA) is 72.8 Å². The number of fused-ring (bicyclic) bond motifs is 1. The van der Waals surface area contributed by atoms with Gasteiger partial charge in [0.05, 0.1) is 20.6 Å². The van der Waals surface area contributed by atoms with E-state index in [9.17, 15) is 9.59 Å². The van der Waals surface area contributed by atoms with Gasteiger partial charge in [-0.05, 0) is 38.4 Å². The number of anilines is 1. The third-order valence-electron chi connectivity index (χ3n) is 4.93. The molecule has 0 spiro atoms. The number of aromatic nitrogens is 1. The van der Waals surface area contributed by atoms with Gasteiger partial charge in [0, 0.05) is 47.4 Å². The van der Waals surface area contributed by atoms with E-state index < -0.39 is 0 Å². The smallest absolute Gasteiger partial charge is 0.258 e. The zero-order chi connectivity index (χ0) is 21.7. The fourth-order valence-corrected chi connectivity index (χ4v) is 3.28. The lowest BCUT2D eigenvalue weighted by molar-refractivity contribution is -0.115. The minimum atomic E-state index is -0.192. The summed E-state index contributed by atoms with van der Waals surface area (Å²) in [4.78, 5) is 27.5. The Labute approximate surface area is 175 Å². The average molecular weight is 409 g/mol. The van der Waals surface area contributed by atoms with Gasteiger partial charge in [-0.1, -0.05) is 12.1 Å². The number of hydrogen-bond acceptors (Lipinski definition) is 5. The van der Waals surface area contributed by atoms with E-state index in [1.807, 2.05) is 31.1 Å². The van der Waals surface area contributed by atoms with Crippen molar-refractivity contribution >= 4 is 22.4 Å². The molecule has 3 rings (SSSR count). The first-order chi connectivity index (χ1) is 14.4. The molecule has 0 bridgehead atoms. The number of amides is 1. The Balaban J connectivity index is 1.83. The highest BCUT2D eigenvalue weighted by Crippen LogP contribution is 2.26. The number of rotatable bonds is 8. The third kappa shape index (κ3) is 4.80. The monoisotopic (exact) mass is 409 g/mol. The number of carbonyl (C=O) groups excluding carboxylic acids is 1. The number of ether oxygens (including phenoxy) is 2. The van der Waals surface area contributed by atoms with Gasteiger partial charge < -0.3 is 24.3 Å². The Kier molecular flexibility index (Phi) is 6.74. The summed E-state index contributed by atoms with van der Waals surface area (Å²) < 4.78 is 12.3. The molecule has 0 aliphatic rings. The summed E-state index contributed by atoms with van der Waals surface area (Å²) in [6.45, 7) is 1.38. The maximum absolute atomic E-state index is 12.8. The van der Waals surface area contributed by atoms with Gasteiger partial charge in [-0.25, -0.2) is 0 Å². The van der Waals surface area contributed by atoms with Crippen LogP contribution >= 0.6 is 0 Å². The highest BCUT2D eigenvalue weighted by molar-refractivity contribution is 6.02. The summed E-state index contributed by atoms with van der Waals surface area (Å²) in [5, 5.41) is 4.23. The molecule has 0 saturated carbocycles. The van der Waals surface area contributed by atoms with Crippen LogP contribution in [0.5, 0.6) is 11.5 Å². The van der Waals surface area contributed by atoms with Crippen molar-refractivity contribution in [3.8, 4) is 11.5 Å². The molecule has 1 amide bonds. The highest BCUT2D eigenvalue weighted by Gasteiger charge is 2.13. The number of likely N-dealkylation sites (N-methyl/N-ethyl adjacent to an activating group) is 1. The van der Waals surface area contributed by atoms with Crippen LogP contribution in [0.4, 0.5) is 5.69 Å². The molecule has 0 atom stereocenters. The molecule has 0 fully saturated rings. The average Bonchev–Trinajstić information content (AvgIpc) is 2.73. The lowest BCUT2D eigenvalue weighted by Crippen LogP contribution is -2.26. The van der Waals surface area contributed by atoms with Gasteiger partial charge in [0.2, 0.25) is 5.91 Å². The van der Waals surface area contributed by atoms with Crippen molar-refractivity contribution in [3.05, 3.63) is 64.6 Å². The lowest BCUT2D eigenvalue weighted by atomic mass is 10.1. The van der Waals surface area contributed by atoms with Crippen molar-refractivity contribution in [1.29, 1.82) is 0 Å². The predicted octanol–water partition coefficient (Wildman–Crippen LogP) is 2.76. The zero-order valence-corrected chi connectivity index (χ0v) is 17.8. The van der Waals surface area contributed by atoms with Crippen LogP contribution < -0.4 is 20.3 Å². The van der Waals surface area contributed by atoms with Crippen LogP contribution in [0.2, 0.25) is 0 Å². The van der Waals surface area contributed by atoms with E-state index in [1.165, 1.54) is 0 Å². The molecular formula is C23H27N3O4. The Morgan fingerprint density at radius 2 is 1.87 bits per heavy atom. The van der Waals surface area contributed by atoms with Crippen molar-refractivity contribution in [3.63, 3.8) is 0 Å². The van der Waals surface area contributed by atoms with E-state index in [1.54, 1.807) is 55.3 Å². The number of nitrogens with one attached hydrogen (secondary N) is 1. The Morgan fingerprint density at radius 1 is 1.07 bits per heavy atom. The molecule has 158 valence electrons. The first-order valence-corrected chi connectivity index (χ1v) is 9.70. The summed E-state index contributed by atoms with van der Waals surface area (Å²) in [6.07, 6.45) is 1.92. The fraction of sp³-hybridized carbons (Fsp3) is 0.304. The molecule has 0 aliphatic heterocycles. The van der Waals surface area contributed by atoms with E-state index in [0.717, 1.165) is 17.5 Å². The molecule has 0 aliphatic carbocycles. The molecule has 7 nitrogen and oxygen atoms in total. The van der Waals surface area contributed by atoms with E-state index in [0.29, 0.717) is 29.1 Å². The Hall–Kier alpha value is -3.32. The van der Waals surface area contributed by atoms with Crippen LogP contribution in [0.1, 0.15) is 5.56 Å². The van der Waals surface area contributed by atoms with E-state index in [4.69, 9.17) is 9.47 Å². The van der Waals surface area contributed by atoms with Gasteiger partial charge in [-0.15, -0.1) is 0 Å². The van der Waals surface area contributed by atoms with Crippen LogP contribution in [-0.4, -0.2) is 50.2 Å². The summed E-state index contributed by atoms with van der Waals surface area (Å²) >= 11 is 0. The van der Waals surface area contributed by atoms with Crippen LogP contribution in [-0.2, 0) is 17.8 Å². The molecule has 3 aromatic rings. The quantitative estimate of drug-likeness (QED) is 0.619. The number of benzene rings is 2. The van der Waals surface area contributed by atoms with Gasteiger partial charge in [0.15, 0.2) is 0 Å². The summed E-state index contributed by atoms with van der Waals surface area (Å²) in [7, 11) is 7.08. The largest absolute Gasteiger partial charge is 0.497 e. The Bertz CT molecular complexity index is 1110. The minimum absolute atomic E-state index is 0.0673. The zero-order valence-electron chi connectivity index (χ0n) is 17.8.